The second kappa shape index (κ2) is 10.5. The molecule has 0 fully saturated rings. The molecule has 9 heteroatoms. The summed E-state index contributed by atoms with van der Waals surface area (Å²) >= 11 is 0. The van der Waals surface area contributed by atoms with Gasteiger partial charge in [0.1, 0.15) is 5.52 Å². The quantitative estimate of drug-likeness (QED) is 0.378. The predicted octanol–water partition coefficient (Wildman–Crippen LogP) is 3.82. The molecule has 4 rings (SSSR count). The molecule has 3 aromatic carbocycles. The van der Waals surface area contributed by atoms with Crippen LogP contribution >= 0.6 is 0 Å². The molecule has 0 saturated heterocycles. The number of benzene rings is 3. The highest BCUT2D eigenvalue weighted by Crippen LogP contribution is 2.23. The summed E-state index contributed by atoms with van der Waals surface area (Å²) in [7, 11) is 0. The van der Waals surface area contributed by atoms with Crippen molar-refractivity contribution in [2.45, 2.75) is 31.9 Å². The van der Waals surface area contributed by atoms with Gasteiger partial charge >= 0.3 is 5.97 Å². The van der Waals surface area contributed by atoms with Gasteiger partial charge in [0.05, 0.1) is 17.4 Å². The summed E-state index contributed by atoms with van der Waals surface area (Å²) < 4.78 is 27.7. The summed E-state index contributed by atoms with van der Waals surface area (Å²) in [6.07, 6.45) is -0.515. The first-order chi connectivity index (χ1) is 16.8. The van der Waals surface area contributed by atoms with E-state index in [1.807, 2.05) is 0 Å². The van der Waals surface area contributed by atoms with Gasteiger partial charge < -0.3 is 10.2 Å². The minimum atomic E-state index is -1.16. The molecule has 4 aromatic rings. The molecule has 0 bridgehead atoms. The van der Waals surface area contributed by atoms with Crippen LogP contribution in [0, 0.1) is 17.6 Å². The van der Waals surface area contributed by atoms with E-state index in [9.17, 15) is 28.6 Å². The molecule has 7 nitrogen and oxygen atoms in total. The maximum Gasteiger partial charge on any atom is 0.309 e. The van der Waals surface area contributed by atoms with E-state index in [0.717, 1.165) is 22.4 Å². The minimum absolute atomic E-state index is 0.00756. The van der Waals surface area contributed by atoms with Gasteiger partial charge in [-0.25, -0.2) is 13.5 Å². The molecule has 0 aliphatic rings. The molecular formula is C26H23F2N3O4. The Balaban J connectivity index is 1.38. The number of aliphatic hydroxyl groups is 1. The maximum atomic E-state index is 13.5. The largest absolute Gasteiger partial charge is 0.481 e. The second-order valence-corrected chi connectivity index (χ2v) is 8.30. The van der Waals surface area contributed by atoms with Crippen molar-refractivity contribution < 1.29 is 23.8 Å². The van der Waals surface area contributed by atoms with E-state index in [1.165, 1.54) is 6.07 Å². The topological polar surface area (TPSA) is 105 Å². The van der Waals surface area contributed by atoms with E-state index < -0.39 is 29.6 Å². The van der Waals surface area contributed by atoms with Crippen LogP contribution in [-0.4, -0.2) is 37.3 Å². The van der Waals surface area contributed by atoms with Gasteiger partial charge in [0, 0.05) is 6.54 Å². The van der Waals surface area contributed by atoms with E-state index in [-0.39, 0.29) is 24.9 Å². The average Bonchev–Trinajstić information content (AvgIpc) is 2.86. The number of rotatable bonds is 9. The van der Waals surface area contributed by atoms with E-state index in [2.05, 4.69) is 10.3 Å². The minimum Gasteiger partial charge on any atom is -0.481 e. The van der Waals surface area contributed by atoms with E-state index in [1.54, 1.807) is 48.5 Å². The number of aliphatic hydroxyl groups excluding tert-OH is 1. The van der Waals surface area contributed by atoms with Gasteiger partial charge in [-0.2, -0.15) is 0 Å². The SMILES string of the molecule is O=C(O)C(CCn1nnc2ccccc2c1=O)[C@H](O)CCc1ccc(-c2ccc(F)c(F)c2)cc1. The molecule has 1 aromatic heterocycles. The molecule has 0 aliphatic carbocycles. The van der Waals surface area contributed by atoms with Crippen LogP contribution in [0.1, 0.15) is 18.4 Å². The second-order valence-electron chi connectivity index (χ2n) is 8.30. The molecule has 0 amide bonds. The third-order valence-corrected chi connectivity index (χ3v) is 6.00. The number of hydrogen-bond donors (Lipinski definition) is 2. The first-order valence-electron chi connectivity index (χ1n) is 11.1. The van der Waals surface area contributed by atoms with Crippen molar-refractivity contribution in [3.8, 4) is 11.1 Å². The normalized spacial score (nSPS) is 13.0. The number of hydrogen-bond acceptors (Lipinski definition) is 5. The summed E-state index contributed by atoms with van der Waals surface area (Å²) in [5.41, 5.74) is 2.19. The Labute approximate surface area is 199 Å². The highest BCUT2D eigenvalue weighted by Gasteiger charge is 2.26. The lowest BCUT2D eigenvalue weighted by atomic mass is 9.93. The van der Waals surface area contributed by atoms with Crippen LogP contribution in [0.3, 0.4) is 0 Å². The summed E-state index contributed by atoms with van der Waals surface area (Å²) in [6.45, 7) is 0.00756. The highest BCUT2D eigenvalue weighted by atomic mass is 19.2. The smallest absolute Gasteiger partial charge is 0.309 e. The van der Waals surface area contributed by atoms with Crippen LogP contribution in [0.15, 0.2) is 71.5 Å². The zero-order valence-electron chi connectivity index (χ0n) is 18.6. The number of aromatic nitrogens is 3. The Hall–Kier alpha value is -3.98. The van der Waals surface area contributed by atoms with Gasteiger partial charge in [0.2, 0.25) is 0 Å². The van der Waals surface area contributed by atoms with Crippen LogP contribution < -0.4 is 5.56 Å². The molecule has 1 unspecified atom stereocenters. The van der Waals surface area contributed by atoms with E-state index in [0.29, 0.717) is 28.5 Å². The Bertz CT molecular complexity index is 1410. The van der Waals surface area contributed by atoms with Crippen molar-refractivity contribution in [1.29, 1.82) is 0 Å². The Morgan fingerprint density at radius 1 is 0.943 bits per heavy atom. The van der Waals surface area contributed by atoms with Crippen LogP contribution in [-0.2, 0) is 17.8 Å². The first kappa shape index (κ1) is 24.2. The van der Waals surface area contributed by atoms with Crippen LogP contribution in [0.5, 0.6) is 0 Å². The van der Waals surface area contributed by atoms with Gasteiger partial charge in [-0.1, -0.05) is 47.7 Å². The molecule has 2 atom stereocenters. The van der Waals surface area contributed by atoms with E-state index in [4.69, 9.17) is 0 Å². The molecule has 180 valence electrons. The van der Waals surface area contributed by atoms with Gasteiger partial charge in [-0.3, -0.25) is 9.59 Å². The molecule has 0 saturated carbocycles. The lowest BCUT2D eigenvalue weighted by molar-refractivity contribution is -0.146. The molecule has 0 spiro atoms. The molecule has 35 heavy (non-hydrogen) atoms. The third-order valence-electron chi connectivity index (χ3n) is 6.00. The Kier molecular flexibility index (Phi) is 7.26. The van der Waals surface area contributed by atoms with Gasteiger partial charge in [-0.15, -0.1) is 5.10 Å². The zero-order chi connectivity index (χ0) is 24.9. The lowest BCUT2D eigenvalue weighted by Gasteiger charge is -2.19. The molecule has 0 aliphatic heterocycles. The van der Waals surface area contributed by atoms with Crippen molar-refractivity contribution >= 4 is 16.9 Å². The fourth-order valence-corrected chi connectivity index (χ4v) is 3.97. The molecular weight excluding hydrogens is 456 g/mol. The standard InChI is InChI=1S/C26H23F2N3O4/c27-21-11-10-18(15-22(21)28)17-8-5-16(6-9-17)7-12-24(32)20(26(34)35)13-14-31-25(33)19-3-1-2-4-23(19)29-30-31/h1-6,8-11,15,20,24,32H,7,12-14H2,(H,34,35)/t20?,24-/m1/s1. The lowest BCUT2D eigenvalue weighted by Crippen LogP contribution is -2.32. The first-order valence-corrected chi connectivity index (χ1v) is 11.1. The Morgan fingerprint density at radius 3 is 2.37 bits per heavy atom. The van der Waals surface area contributed by atoms with Gasteiger partial charge in [0.25, 0.3) is 5.56 Å². The van der Waals surface area contributed by atoms with Crippen molar-refractivity contribution in [2.24, 2.45) is 5.92 Å². The zero-order valence-corrected chi connectivity index (χ0v) is 18.6. The number of nitrogens with zero attached hydrogens (tertiary/aromatic N) is 3. The average molecular weight is 479 g/mol. The van der Waals surface area contributed by atoms with Crippen molar-refractivity contribution in [3.05, 3.63) is 94.3 Å². The number of carboxylic acid groups (broad SMARTS) is 1. The summed E-state index contributed by atoms with van der Waals surface area (Å²) in [5.74, 6) is -4.08. The number of aryl methyl sites for hydroxylation is 2. The summed E-state index contributed by atoms with van der Waals surface area (Å²) in [6, 6.07) is 17.5. The number of carboxylic acids is 1. The Morgan fingerprint density at radius 2 is 1.66 bits per heavy atom. The van der Waals surface area contributed by atoms with Crippen LogP contribution in [0.4, 0.5) is 8.78 Å². The number of carbonyl (C=O) groups is 1. The van der Waals surface area contributed by atoms with Gasteiger partial charge in [-0.05, 0) is 60.2 Å². The monoisotopic (exact) mass is 479 g/mol. The molecule has 2 N–H and O–H groups in total. The predicted molar refractivity (Wildman–Crippen MR) is 126 cm³/mol. The van der Waals surface area contributed by atoms with Crippen LogP contribution in [0.2, 0.25) is 0 Å². The van der Waals surface area contributed by atoms with Crippen LogP contribution in [0.25, 0.3) is 22.0 Å². The fourth-order valence-electron chi connectivity index (χ4n) is 3.97. The van der Waals surface area contributed by atoms with Crippen molar-refractivity contribution in [2.75, 3.05) is 0 Å². The van der Waals surface area contributed by atoms with Crippen molar-refractivity contribution in [1.82, 2.24) is 15.0 Å². The number of fused-ring (bicyclic) bond motifs is 1. The van der Waals surface area contributed by atoms with E-state index >= 15 is 0 Å². The fraction of sp³-hybridized carbons (Fsp3) is 0.231. The van der Waals surface area contributed by atoms with Crippen molar-refractivity contribution in [3.63, 3.8) is 0 Å². The molecule has 1 heterocycles. The molecule has 0 radical (unpaired) electrons. The number of halogens is 2. The summed E-state index contributed by atoms with van der Waals surface area (Å²) in [4.78, 5) is 24.4. The third kappa shape index (κ3) is 5.58. The maximum absolute atomic E-state index is 13.5. The highest BCUT2D eigenvalue weighted by molar-refractivity contribution is 5.76. The van der Waals surface area contributed by atoms with Gasteiger partial charge in [0.15, 0.2) is 11.6 Å². The number of aliphatic carboxylic acids is 1. The summed E-state index contributed by atoms with van der Waals surface area (Å²) in [5, 5.41) is 28.4.